The van der Waals surface area contributed by atoms with E-state index in [0.29, 0.717) is 19.4 Å². The molecule has 3 atom stereocenters. The molecule has 29 heavy (non-hydrogen) atoms. The third-order valence-corrected chi connectivity index (χ3v) is 5.55. The van der Waals surface area contributed by atoms with Gasteiger partial charge in [-0.15, -0.1) is 6.58 Å². The number of carboxylic acids is 1. The second kappa shape index (κ2) is 10.8. The smallest absolute Gasteiger partial charge is 0.407 e. The summed E-state index contributed by atoms with van der Waals surface area (Å²) in [6.07, 6.45) is 6.68. The molecule has 0 aromatic rings. The predicted octanol–water partition coefficient (Wildman–Crippen LogP) is 1.43. The lowest BCUT2D eigenvalue weighted by molar-refractivity contribution is -0.144. The van der Waals surface area contributed by atoms with Crippen LogP contribution in [0.1, 0.15) is 51.9 Å². The first-order valence-electron chi connectivity index (χ1n) is 10.2. The van der Waals surface area contributed by atoms with E-state index in [2.05, 4.69) is 17.2 Å². The Morgan fingerprint density at radius 1 is 1.17 bits per heavy atom. The molecule has 0 spiro atoms. The average molecular weight is 409 g/mol. The van der Waals surface area contributed by atoms with Crippen molar-refractivity contribution in [2.24, 2.45) is 5.92 Å². The van der Waals surface area contributed by atoms with Crippen molar-refractivity contribution in [2.45, 2.75) is 70.1 Å². The van der Waals surface area contributed by atoms with Gasteiger partial charge in [0.05, 0.1) is 0 Å². The fourth-order valence-corrected chi connectivity index (χ4v) is 3.77. The number of rotatable bonds is 8. The van der Waals surface area contributed by atoms with Gasteiger partial charge in [-0.2, -0.15) is 0 Å². The zero-order chi connectivity index (χ0) is 21.4. The Balaban J connectivity index is 1.85. The number of amides is 3. The van der Waals surface area contributed by atoms with E-state index in [9.17, 15) is 24.3 Å². The second-order valence-corrected chi connectivity index (χ2v) is 7.68. The lowest BCUT2D eigenvalue weighted by atomic mass is 9.98. The molecule has 3 N–H and O–H groups in total. The Bertz CT molecular complexity index is 632. The minimum atomic E-state index is -1.16. The number of nitrogens with one attached hydrogen (secondary N) is 2. The standard InChI is InChI=1S/C20H31N3O6/c1-3-13(2)17(19(26)27)22-18(25)15-10-7-11-23(15)16(24)12-21-20(28)29-14-8-5-4-6-9-14/h3,13-15,17H,1,4-12H2,2H3,(H,21,28)(H,22,25)(H,26,27)/t13?,15-,17?/m0/s1. The zero-order valence-corrected chi connectivity index (χ0v) is 16.9. The molecule has 9 heteroatoms. The number of carbonyl (C=O) groups is 4. The SMILES string of the molecule is C=CC(C)C(NC(=O)[C@@H]1CCCN1C(=O)CNC(=O)OC1CCCCC1)C(=O)O. The number of alkyl carbamates (subject to hydrolysis) is 1. The van der Waals surface area contributed by atoms with Crippen molar-refractivity contribution in [1.29, 1.82) is 0 Å². The van der Waals surface area contributed by atoms with Gasteiger partial charge in [-0.1, -0.05) is 19.4 Å². The fraction of sp³-hybridized carbons (Fsp3) is 0.700. The van der Waals surface area contributed by atoms with Crippen LogP contribution in [0.15, 0.2) is 12.7 Å². The molecule has 0 aromatic carbocycles. The molecular weight excluding hydrogens is 378 g/mol. The Morgan fingerprint density at radius 2 is 1.86 bits per heavy atom. The van der Waals surface area contributed by atoms with Crippen LogP contribution in [-0.4, -0.2) is 65.2 Å². The summed E-state index contributed by atoms with van der Waals surface area (Å²) in [7, 11) is 0. The van der Waals surface area contributed by atoms with E-state index in [1.54, 1.807) is 6.92 Å². The van der Waals surface area contributed by atoms with E-state index in [1.165, 1.54) is 11.0 Å². The number of carbonyl (C=O) groups excluding carboxylic acids is 3. The molecule has 2 unspecified atom stereocenters. The molecule has 2 fully saturated rings. The van der Waals surface area contributed by atoms with E-state index >= 15 is 0 Å². The van der Waals surface area contributed by atoms with Crippen molar-refractivity contribution in [1.82, 2.24) is 15.5 Å². The second-order valence-electron chi connectivity index (χ2n) is 7.68. The van der Waals surface area contributed by atoms with Crippen LogP contribution < -0.4 is 10.6 Å². The monoisotopic (exact) mass is 409 g/mol. The molecule has 1 saturated carbocycles. The summed E-state index contributed by atoms with van der Waals surface area (Å²) in [6.45, 7) is 5.32. The van der Waals surface area contributed by atoms with E-state index in [-0.39, 0.29) is 12.6 Å². The van der Waals surface area contributed by atoms with Gasteiger partial charge in [0, 0.05) is 12.5 Å². The average Bonchev–Trinajstić information content (AvgIpc) is 3.20. The molecule has 162 valence electrons. The first kappa shape index (κ1) is 22.7. The van der Waals surface area contributed by atoms with Crippen molar-refractivity contribution < 1.29 is 29.0 Å². The van der Waals surface area contributed by atoms with Gasteiger partial charge in [0.2, 0.25) is 11.8 Å². The van der Waals surface area contributed by atoms with Gasteiger partial charge in [-0.25, -0.2) is 9.59 Å². The highest BCUT2D eigenvalue weighted by Crippen LogP contribution is 2.21. The van der Waals surface area contributed by atoms with E-state index in [0.717, 1.165) is 32.1 Å². The third kappa shape index (κ3) is 6.47. The van der Waals surface area contributed by atoms with Gasteiger partial charge >= 0.3 is 12.1 Å². The van der Waals surface area contributed by atoms with Crippen LogP contribution in [0.5, 0.6) is 0 Å². The maximum Gasteiger partial charge on any atom is 0.407 e. The number of aliphatic carboxylic acids is 1. The van der Waals surface area contributed by atoms with Crippen LogP contribution in [0.2, 0.25) is 0 Å². The van der Waals surface area contributed by atoms with Gasteiger partial charge in [0.15, 0.2) is 0 Å². The maximum atomic E-state index is 12.6. The normalized spacial score (nSPS) is 21.7. The van der Waals surface area contributed by atoms with Crippen LogP contribution in [0.25, 0.3) is 0 Å². The van der Waals surface area contributed by atoms with Gasteiger partial charge in [-0.05, 0) is 38.5 Å². The van der Waals surface area contributed by atoms with Crippen LogP contribution in [0.3, 0.4) is 0 Å². The molecule has 9 nitrogen and oxygen atoms in total. The number of ether oxygens (including phenoxy) is 1. The van der Waals surface area contributed by atoms with E-state index in [4.69, 9.17) is 4.74 Å². The highest BCUT2D eigenvalue weighted by molar-refractivity contribution is 5.92. The molecule has 1 saturated heterocycles. The first-order valence-corrected chi connectivity index (χ1v) is 10.2. The highest BCUT2D eigenvalue weighted by atomic mass is 16.6. The summed E-state index contributed by atoms with van der Waals surface area (Å²) < 4.78 is 5.32. The van der Waals surface area contributed by atoms with Crippen molar-refractivity contribution in [3.63, 3.8) is 0 Å². The highest BCUT2D eigenvalue weighted by Gasteiger charge is 2.36. The molecule has 0 bridgehead atoms. The Hall–Kier alpha value is -2.58. The minimum Gasteiger partial charge on any atom is -0.480 e. The number of hydrogen-bond donors (Lipinski definition) is 3. The quantitative estimate of drug-likeness (QED) is 0.521. The van der Waals surface area contributed by atoms with Gasteiger partial charge < -0.3 is 25.4 Å². The summed E-state index contributed by atoms with van der Waals surface area (Å²) in [6, 6.07) is -1.86. The van der Waals surface area contributed by atoms with Crippen LogP contribution in [0.4, 0.5) is 4.79 Å². The maximum absolute atomic E-state index is 12.6. The van der Waals surface area contributed by atoms with Gasteiger partial charge in [-0.3, -0.25) is 9.59 Å². The summed E-state index contributed by atoms with van der Waals surface area (Å²) in [4.78, 5) is 49.8. The fourth-order valence-electron chi connectivity index (χ4n) is 3.77. The number of hydrogen-bond acceptors (Lipinski definition) is 5. The number of carboxylic acid groups (broad SMARTS) is 1. The Labute approximate surface area is 170 Å². The summed E-state index contributed by atoms with van der Waals surface area (Å²) in [5, 5.41) is 14.3. The minimum absolute atomic E-state index is 0.107. The molecule has 0 radical (unpaired) electrons. The summed E-state index contributed by atoms with van der Waals surface area (Å²) in [5.74, 6) is -2.53. The number of likely N-dealkylation sites (tertiary alicyclic amines) is 1. The van der Waals surface area contributed by atoms with Crippen LogP contribution >= 0.6 is 0 Å². The third-order valence-electron chi connectivity index (χ3n) is 5.55. The van der Waals surface area contributed by atoms with E-state index < -0.39 is 41.9 Å². The summed E-state index contributed by atoms with van der Waals surface area (Å²) in [5.41, 5.74) is 0. The Morgan fingerprint density at radius 3 is 2.48 bits per heavy atom. The molecule has 1 heterocycles. The lowest BCUT2D eigenvalue weighted by Gasteiger charge is -2.27. The Kier molecular flexibility index (Phi) is 8.48. The van der Waals surface area contributed by atoms with Crippen molar-refractivity contribution >= 4 is 23.9 Å². The molecular formula is C20H31N3O6. The lowest BCUT2D eigenvalue weighted by Crippen LogP contribution is -2.53. The zero-order valence-electron chi connectivity index (χ0n) is 16.9. The van der Waals surface area contributed by atoms with Gasteiger partial charge in [0.25, 0.3) is 0 Å². The van der Waals surface area contributed by atoms with E-state index in [1.807, 2.05) is 0 Å². The molecule has 0 aromatic heterocycles. The summed E-state index contributed by atoms with van der Waals surface area (Å²) >= 11 is 0. The molecule has 2 aliphatic rings. The van der Waals surface area contributed by atoms with Gasteiger partial charge in [0.1, 0.15) is 24.7 Å². The van der Waals surface area contributed by atoms with Crippen LogP contribution in [0, 0.1) is 5.92 Å². The molecule has 2 rings (SSSR count). The molecule has 3 amide bonds. The number of nitrogens with zero attached hydrogens (tertiary/aromatic N) is 1. The topological polar surface area (TPSA) is 125 Å². The van der Waals surface area contributed by atoms with Crippen molar-refractivity contribution in [3.05, 3.63) is 12.7 Å². The van der Waals surface area contributed by atoms with Crippen molar-refractivity contribution in [2.75, 3.05) is 13.1 Å². The van der Waals surface area contributed by atoms with Crippen LogP contribution in [-0.2, 0) is 19.1 Å². The largest absolute Gasteiger partial charge is 0.480 e. The van der Waals surface area contributed by atoms with Crippen molar-refractivity contribution in [3.8, 4) is 0 Å². The molecule has 1 aliphatic carbocycles. The predicted molar refractivity (Wildman–Crippen MR) is 105 cm³/mol. The first-order chi connectivity index (χ1) is 13.8. The molecule has 1 aliphatic heterocycles.